The van der Waals surface area contributed by atoms with Gasteiger partial charge in [0, 0.05) is 78.8 Å². The third-order valence-corrected chi connectivity index (χ3v) is 15.0. The molecule has 0 radical (unpaired) electrons. The Kier molecular flexibility index (Phi) is 15.2. The van der Waals surface area contributed by atoms with Crippen molar-refractivity contribution in [3.63, 3.8) is 0 Å². The molecule has 0 aromatic heterocycles. The second-order valence-corrected chi connectivity index (χ2v) is 20.6. The predicted octanol–water partition coefficient (Wildman–Crippen LogP) is 7.19. The normalized spacial score (nSPS) is 16.5. The lowest BCUT2D eigenvalue weighted by Crippen LogP contribution is -2.47. The minimum atomic E-state index is -6.03. The zero-order valence-electron chi connectivity index (χ0n) is 34.2. The Labute approximate surface area is 365 Å². The third kappa shape index (κ3) is 12.1. The Hall–Kier alpha value is -4.10. The summed E-state index contributed by atoms with van der Waals surface area (Å²) in [6.07, 6.45) is 1.40. The van der Waals surface area contributed by atoms with Gasteiger partial charge >= 0.3 is 5.51 Å². The highest BCUT2D eigenvalue weighted by Crippen LogP contribution is 2.37. The van der Waals surface area contributed by atoms with Gasteiger partial charge in [-0.15, -0.1) is 11.8 Å². The van der Waals surface area contributed by atoms with Gasteiger partial charge in [-0.05, 0) is 124 Å². The van der Waals surface area contributed by atoms with E-state index in [0.29, 0.717) is 29.8 Å². The van der Waals surface area contributed by atoms with E-state index in [2.05, 4.69) is 39.2 Å². The number of hydrogen-bond donors (Lipinski definition) is 2. The van der Waals surface area contributed by atoms with Crippen LogP contribution in [0.25, 0.3) is 5.57 Å². The number of halogens is 4. The molecule has 18 heteroatoms. The number of thioether (sulfide) groups is 1. The van der Waals surface area contributed by atoms with Crippen molar-refractivity contribution >= 4 is 66.1 Å². The number of carbonyl (C=O) groups excluding carboxylic acids is 1. The van der Waals surface area contributed by atoms with E-state index in [1.165, 1.54) is 40.6 Å². The number of likely N-dealkylation sites (N-methyl/N-ethyl adjacent to an activating group) is 1. The highest BCUT2D eigenvalue weighted by Gasteiger charge is 2.48. The number of hydrogen-bond acceptors (Lipinski definition) is 11. The fourth-order valence-corrected chi connectivity index (χ4v) is 10.4. The number of piperazine rings is 1. The van der Waals surface area contributed by atoms with Crippen molar-refractivity contribution in [1.29, 1.82) is 0 Å². The van der Waals surface area contributed by atoms with Gasteiger partial charge < -0.3 is 20.0 Å². The zero-order chi connectivity index (χ0) is 44.0. The van der Waals surface area contributed by atoms with Crippen LogP contribution in [0.4, 0.5) is 24.5 Å². The van der Waals surface area contributed by atoms with Gasteiger partial charge in [0.15, 0.2) is 0 Å². The highest BCUT2D eigenvalue weighted by atomic mass is 35.5. The molecular formula is C43H50ClF3N6O5S3. The number of nitrogens with one attached hydrogen (secondary N) is 2. The molecule has 1 fully saturated rings. The van der Waals surface area contributed by atoms with E-state index in [1.54, 1.807) is 12.1 Å². The Bertz CT molecular complexity index is 2400. The molecule has 2 aliphatic rings. The van der Waals surface area contributed by atoms with Gasteiger partial charge in [0.05, 0.1) is 10.6 Å². The van der Waals surface area contributed by atoms with Gasteiger partial charge in [0.2, 0.25) is 0 Å². The van der Waals surface area contributed by atoms with Crippen LogP contribution >= 0.6 is 23.4 Å². The average Bonchev–Trinajstić information content (AvgIpc) is 3.22. The van der Waals surface area contributed by atoms with Gasteiger partial charge in [-0.3, -0.25) is 9.69 Å². The van der Waals surface area contributed by atoms with Crippen molar-refractivity contribution in [3.05, 3.63) is 119 Å². The summed E-state index contributed by atoms with van der Waals surface area (Å²) in [5, 5.41) is 3.64. The van der Waals surface area contributed by atoms with Crippen molar-refractivity contribution in [1.82, 2.24) is 19.4 Å². The van der Waals surface area contributed by atoms with Crippen molar-refractivity contribution < 1.29 is 34.8 Å². The molecule has 6 rings (SSSR count). The summed E-state index contributed by atoms with van der Waals surface area (Å²) in [6, 6.07) is 25.6. The van der Waals surface area contributed by atoms with Crippen LogP contribution in [0.2, 0.25) is 5.02 Å². The number of amides is 1. The molecule has 1 atom stereocenters. The molecule has 1 saturated heterocycles. The number of rotatable bonds is 16. The maximum absolute atomic E-state index is 14.0. The third-order valence-electron chi connectivity index (χ3n) is 10.7. The summed E-state index contributed by atoms with van der Waals surface area (Å²) in [7, 11) is -5.06. The molecule has 2 N–H and O–H groups in total. The number of anilines is 2. The summed E-state index contributed by atoms with van der Waals surface area (Å²) >= 11 is 7.59. The summed E-state index contributed by atoms with van der Waals surface area (Å²) in [5.41, 5.74) is -1.35. The van der Waals surface area contributed by atoms with Crippen LogP contribution in [0.3, 0.4) is 0 Å². The van der Waals surface area contributed by atoms with Gasteiger partial charge in [0.25, 0.3) is 25.8 Å². The molecule has 0 unspecified atom stereocenters. The van der Waals surface area contributed by atoms with Crippen LogP contribution in [0, 0.1) is 0 Å². The molecule has 0 bridgehead atoms. The van der Waals surface area contributed by atoms with Gasteiger partial charge in [-0.2, -0.15) is 13.2 Å². The first-order chi connectivity index (χ1) is 28.9. The lowest BCUT2D eigenvalue weighted by atomic mass is 9.93. The fourth-order valence-electron chi connectivity index (χ4n) is 7.30. The number of nitrogens with zero attached hydrogens (tertiary/aromatic N) is 4. The molecule has 0 aliphatic carbocycles. The number of alkyl halides is 3. The first-order valence-corrected chi connectivity index (χ1v) is 24.1. The lowest BCUT2D eigenvalue weighted by molar-refractivity contribution is -0.0435. The molecule has 328 valence electrons. The first-order valence-electron chi connectivity index (χ1n) is 19.7. The SMILES string of the molecule is CN(C)CC[C@H](CSc1ccccc1)Nc1ccc(S(=O)(=O)NC(=O)c2ccc(N3CCN(CC4=C(c5ccc(Cl)cc5)CCN(C)C4)CC3)cc2)cc1S(=O)(=O)C(F)(F)F. The largest absolute Gasteiger partial charge is 0.501 e. The molecule has 4 aromatic carbocycles. The molecule has 0 saturated carbocycles. The maximum atomic E-state index is 14.0. The van der Waals surface area contributed by atoms with Crippen molar-refractivity contribution in [2.24, 2.45) is 0 Å². The number of sulfonamides is 1. The fraction of sp³-hybridized carbons (Fsp3) is 0.372. The second-order valence-electron chi connectivity index (χ2n) is 15.5. The molecule has 0 spiro atoms. The van der Waals surface area contributed by atoms with Gasteiger partial charge in [-0.1, -0.05) is 41.9 Å². The van der Waals surface area contributed by atoms with Crippen LogP contribution in [0.5, 0.6) is 0 Å². The van der Waals surface area contributed by atoms with E-state index in [0.717, 1.165) is 74.9 Å². The van der Waals surface area contributed by atoms with Crippen molar-refractivity contribution in [2.45, 2.75) is 39.1 Å². The van der Waals surface area contributed by atoms with E-state index in [-0.39, 0.29) is 5.56 Å². The van der Waals surface area contributed by atoms with Crippen LogP contribution < -0.4 is 14.9 Å². The zero-order valence-corrected chi connectivity index (χ0v) is 37.4. The number of sulfone groups is 1. The van der Waals surface area contributed by atoms with Crippen molar-refractivity contribution in [3.8, 4) is 0 Å². The Morgan fingerprint density at radius 2 is 1.56 bits per heavy atom. The van der Waals surface area contributed by atoms with Crippen LogP contribution in [0.1, 0.15) is 28.8 Å². The summed E-state index contributed by atoms with van der Waals surface area (Å²) < 4.78 is 96.8. The maximum Gasteiger partial charge on any atom is 0.501 e. The van der Waals surface area contributed by atoms with Crippen molar-refractivity contribution in [2.75, 3.05) is 89.5 Å². The molecule has 61 heavy (non-hydrogen) atoms. The Morgan fingerprint density at radius 1 is 0.885 bits per heavy atom. The molecule has 2 heterocycles. The van der Waals surface area contributed by atoms with E-state index >= 15 is 0 Å². The molecule has 11 nitrogen and oxygen atoms in total. The summed E-state index contributed by atoms with van der Waals surface area (Å²) in [6.45, 7) is 6.34. The van der Waals surface area contributed by atoms with E-state index in [1.807, 2.05) is 66.2 Å². The lowest BCUT2D eigenvalue weighted by Gasteiger charge is -2.38. The molecule has 1 amide bonds. The van der Waals surface area contributed by atoms with Crippen LogP contribution in [-0.2, 0) is 19.9 Å². The topological polar surface area (TPSA) is 122 Å². The monoisotopic (exact) mass is 918 g/mol. The van der Waals surface area contributed by atoms with Crippen LogP contribution in [-0.4, -0.2) is 128 Å². The molecular weight excluding hydrogens is 869 g/mol. The standard InChI is InChI=1S/C43H50ClF3N6O5S3/c1-50(2)21-19-35(30-59-37-7-5-4-6-8-37)48-40-18-17-38(27-41(40)60(55,56)43(45,46)47)61(57,58)49-42(54)32-11-15-36(16-12-32)53-25-23-52(24-26-53)29-33-28-51(3)22-20-39(33)31-9-13-34(44)14-10-31/h4-18,27,35,48H,19-26,28-30H2,1-3H3,(H,49,54)/t35-/m1/s1. The smallest absolute Gasteiger partial charge is 0.380 e. The minimum absolute atomic E-state index is 0.00452. The molecule has 2 aliphatic heterocycles. The van der Waals surface area contributed by atoms with E-state index in [9.17, 15) is 34.8 Å². The summed E-state index contributed by atoms with van der Waals surface area (Å²) in [5.74, 6) is -0.653. The summed E-state index contributed by atoms with van der Waals surface area (Å²) in [4.78, 5) is 20.9. The van der Waals surface area contributed by atoms with E-state index < -0.39 is 52.8 Å². The van der Waals surface area contributed by atoms with E-state index in [4.69, 9.17) is 11.6 Å². The number of benzene rings is 4. The quantitative estimate of drug-likeness (QED) is 0.111. The van der Waals surface area contributed by atoms with Gasteiger partial charge in [-0.25, -0.2) is 21.6 Å². The second kappa shape index (κ2) is 19.9. The Balaban J connectivity index is 1.12. The predicted molar refractivity (Wildman–Crippen MR) is 238 cm³/mol. The highest BCUT2D eigenvalue weighted by molar-refractivity contribution is 7.99. The van der Waals surface area contributed by atoms with Crippen LogP contribution in [0.15, 0.2) is 117 Å². The van der Waals surface area contributed by atoms with Gasteiger partial charge in [0.1, 0.15) is 4.90 Å². The average molecular weight is 920 g/mol. The minimum Gasteiger partial charge on any atom is -0.380 e. The molecule has 4 aromatic rings. The number of carbonyl (C=O) groups is 1. The first kappa shape index (κ1) is 46.4. The Morgan fingerprint density at radius 3 is 2.20 bits per heavy atom.